The Bertz CT molecular complexity index is 1150. The van der Waals surface area contributed by atoms with Crippen molar-refractivity contribution in [3.63, 3.8) is 0 Å². The first-order valence-electron chi connectivity index (χ1n) is 11.4. The van der Waals surface area contributed by atoms with Crippen molar-refractivity contribution in [1.82, 2.24) is 0 Å². The first-order chi connectivity index (χ1) is 15.2. The number of carbonyl (C=O) groups is 1. The first-order valence-corrected chi connectivity index (χ1v) is 11.4. The molecule has 31 heavy (non-hydrogen) atoms. The lowest BCUT2D eigenvalue weighted by molar-refractivity contribution is -0.137. The number of hydrogen-bond acceptors (Lipinski definition) is 3. The van der Waals surface area contributed by atoms with Crippen molar-refractivity contribution in [3.05, 3.63) is 71.8 Å². The number of ether oxygens (including phenoxy) is 2. The van der Waals surface area contributed by atoms with E-state index < -0.39 is 0 Å². The predicted molar refractivity (Wildman–Crippen MR) is 125 cm³/mol. The predicted octanol–water partition coefficient (Wildman–Crippen LogP) is 6.72. The minimum absolute atomic E-state index is 0.260. The third-order valence-corrected chi connectivity index (χ3v) is 6.48. The van der Waals surface area contributed by atoms with Gasteiger partial charge >= 0.3 is 5.97 Å². The molecule has 3 heteroatoms. The monoisotopic (exact) mass is 412 g/mol. The van der Waals surface area contributed by atoms with Crippen LogP contribution in [0.3, 0.4) is 0 Å². The Morgan fingerprint density at radius 2 is 1.81 bits per heavy atom. The van der Waals surface area contributed by atoms with E-state index in [1.165, 1.54) is 40.3 Å². The highest BCUT2D eigenvalue weighted by Crippen LogP contribution is 2.45. The molecule has 0 heterocycles. The van der Waals surface area contributed by atoms with Gasteiger partial charge < -0.3 is 9.47 Å². The molecule has 1 saturated carbocycles. The van der Waals surface area contributed by atoms with E-state index in [-0.39, 0.29) is 5.97 Å². The normalized spacial score (nSPS) is 17.3. The highest BCUT2D eigenvalue weighted by atomic mass is 16.5. The topological polar surface area (TPSA) is 35.5 Å². The summed E-state index contributed by atoms with van der Waals surface area (Å²) in [5.74, 6) is 0.710. The smallest absolute Gasteiger partial charge is 0.331 e. The second kappa shape index (κ2) is 8.58. The molecule has 0 saturated heterocycles. The van der Waals surface area contributed by atoms with E-state index in [0.717, 1.165) is 42.6 Å². The molecule has 0 unspecified atom stereocenters. The van der Waals surface area contributed by atoms with Crippen molar-refractivity contribution in [2.45, 2.75) is 51.6 Å². The van der Waals surface area contributed by atoms with Gasteiger partial charge in [0.2, 0.25) is 0 Å². The molecule has 0 atom stereocenters. The van der Waals surface area contributed by atoms with E-state index in [1.54, 1.807) is 6.08 Å². The van der Waals surface area contributed by atoms with Crippen molar-refractivity contribution in [1.29, 1.82) is 0 Å². The standard InChI is InChI=1S/C28H28O3/c1-2-30-27(29)18-21-13-14-25-24(21)15-16-26(31-23-9-5-6-10-23)28(25)22-12-11-19-7-3-4-8-20(19)17-22/h3-4,7-8,11-12,15-18,23H,2,5-6,9-10,13-14H2,1H3. The van der Waals surface area contributed by atoms with Gasteiger partial charge in [0.05, 0.1) is 12.7 Å². The fourth-order valence-corrected chi connectivity index (χ4v) is 5.00. The Balaban J connectivity index is 1.62. The molecule has 2 aliphatic rings. The minimum atomic E-state index is -0.260. The molecule has 3 nitrogen and oxygen atoms in total. The highest BCUT2D eigenvalue weighted by molar-refractivity contribution is 5.96. The molecule has 3 aromatic carbocycles. The van der Waals surface area contributed by atoms with Crippen LogP contribution in [0.25, 0.3) is 27.5 Å². The molecule has 0 aromatic heterocycles. The molecule has 158 valence electrons. The van der Waals surface area contributed by atoms with Crippen molar-refractivity contribution in [2.24, 2.45) is 0 Å². The summed E-state index contributed by atoms with van der Waals surface area (Å²) in [6.07, 6.45) is 8.46. The molecule has 0 N–H and O–H groups in total. The van der Waals surface area contributed by atoms with Crippen LogP contribution in [0.15, 0.2) is 60.7 Å². The number of fused-ring (bicyclic) bond motifs is 2. The molecule has 0 aliphatic heterocycles. The Labute approximate surface area is 183 Å². The molecular weight excluding hydrogens is 384 g/mol. The number of rotatable bonds is 5. The third-order valence-electron chi connectivity index (χ3n) is 6.48. The molecule has 0 bridgehead atoms. The lowest BCUT2D eigenvalue weighted by Crippen LogP contribution is -2.12. The van der Waals surface area contributed by atoms with Crippen LogP contribution in [0.2, 0.25) is 0 Å². The average molecular weight is 413 g/mol. The Morgan fingerprint density at radius 3 is 2.61 bits per heavy atom. The number of carbonyl (C=O) groups excluding carboxylic acids is 1. The average Bonchev–Trinajstić information content (AvgIpc) is 3.44. The third kappa shape index (κ3) is 3.97. The quantitative estimate of drug-likeness (QED) is 0.345. The van der Waals surface area contributed by atoms with Crippen LogP contribution >= 0.6 is 0 Å². The number of benzene rings is 3. The number of allylic oxidation sites excluding steroid dienone is 1. The lowest BCUT2D eigenvalue weighted by atomic mass is 9.93. The van der Waals surface area contributed by atoms with Crippen molar-refractivity contribution in [2.75, 3.05) is 6.61 Å². The summed E-state index contributed by atoms with van der Waals surface area (Å²) >= 11 is 0. The fraction of sp³-hybridized carbons (Fsp3) is 0.321. The van der Waals surface area contributed by atoms with Gasteiger partial charge in [0.15, 0.2) is 0 Å². The molecular formula is C28H28O3. The zero-order valence-corrected chi connectivity index (χ0v) is 18.0. The van der Waals surface area contributed by atoms with Gasteiger partial charge in [-0.1, -0.05) is 42.5 Å². The lowest BCUT2D eigenvalue weighted by Gasteiger charge is -2.20. The maximum Gasteiger partial charge on any atom is 0.331 e. The summed E-state index contributed by atoms with van der Waals surface area (Å²) in [4.78, 5) is 12.1. The molecule has 3 aromatic rings. The fourth-order valence-electron chi connectivity index (χ4n) is 5.00. The first kappa shape index (κ1) is 19.9. The maximum absolute atomic E-state index is 12.1. The summed E-state index contributed by atoms with van der Waals surface area (Å²) in [5, 5.41) is 2.46. The Kier molecular flexibility index (Phi) is 5.50. The summed E-state index contributed by atoms with van der Waals surface area (Å²) in [7, 11) is 0. The van der Waals surface area contributed by atoms with E-state index in [4.69, 9.17) is 9.47 Å². The molecule has 5 rings (SSSR count). The Hall–Kier alpha value is -3.07. The maximum atomic E-state index is 12.1. The summed E-state index contributed by atoms with van der Waals surface area (Å²) in [5.41, 5.74) is 5.85. The van der Waals surface area contributed by atoms with Crippen LogP contribution < -0.4 is 4.74 Å². The molecule has 0 spiro atoms. The van der Waals surface area contributed by atoms with E-state index in [0.29, 0.717) is 12.7 Å². The van der Waals surface area contributed by atoms with E-state index >= 15 is 0 Å². The van der Waals surface area contributed by atoms with Crippen molar-refractivity contribution < 1.29 is 14.3 Å². The van der Waals surface area contributed by atoms with Gasteiger partial charge in [-0.3, -0.25) is 0 Å². The zero-order valence-electron chi connectivity index (χ0n) is 18.0. The summed E-state index contributed by atoms with van der Waals surface area (Å²) < 4.78 is 11.7. The van der Waals surface area contributed by atoms with Crippen LogP contribution in [-0.2, 0) is 16.0 Å². The molecule has 0 radical (unpaired) electrons. The zero-order chi connectivity index (χ0) is 21.2. The number of esters is 1. The summed E-state index contributed by atoms with van der Waals surface area (Å²) in [6.45, 7) is 2.23. The van der Waals surface area contributed by atoms with Gasteiger partial charge in [0.1, 0.15) is 5.75 Å². The van der Waals surface area contributed by atoms with Gasteiger partial charge in [-0.15, -0.1) is 0 Å². The minimum Gasteiger partial charge on any atom is -0.490 e. The summed E-state index contributed by atoms with van der Waals surface area (Å²) in [6, 6.07) is 19.3. The van der Waals surface area contributed by atoms with Crippen molar-refractivity contribution >= 4 is 22.3 Å². The van der Waals surface area contributed by atoms with Gasteiger partial charge in [-0.2, -0.15) is 0 Å². The molecule has 0 amide bonds. The van der Waals surface area contributed by atoms with Gasteiger partial charge in [0.25, 0.3) is 0 Å². The van der Waals surface area contributed by atoms with Crippen LogP contribution in [0.1, 0.15) is 50.2 Å². The largest absolute Gasteiger partial charge is 0.490 e. The van der Waals surface area contributed by atoms with Crippen LogP contribution in [0, 0.1) is 0 Å². The van der Waals surface area contributed by atoms with Gasteiger partial charge in [-0.05, 0) is 90.6 Å². The van der Waals surface area contributed by atoms with E-state index in [2.05, 4.69) is 54.6 Å². The van der Waals surface area contributed by atoms with E-state index in [1.807, 2.05) is 6.92 Å². The van der Waals surface area contributed by atoms with Crippen LogP contribution in [0.4, 0.5) is 0 Å². The van der Waals surface area contributed by atoms with Gasteiger partial charge in [0, 0.05) is 11.6 Å². The van der Waals surface area contributed by atoms with Gasteiger partial charge in [-0.25, -0.2) is 4.79 Å². The van der Waals surface area contributed by atoms with Crippen LogP contribution in [0.5, 0.6) is 5.75 Å². The molecule has 2 aliphatic carbocycles. The van der Waals surface area contributed by atoms with Crippen LogP contribution in [-0.4, -0.2) is 18.7 Å². The van der Waals surface area contributed by atoms with E-state index in [9.17, 15) is 4.79 Å². The highest BCUT2D eigenvalue weighted by Gasteiger charge is 2.26. The second-order valence-corrected chi connectivity index (χ2v) is 8.47. The second-order valence-electron chi connectivity index (χ2n) is 8.47. The number of hydrogen-bond donors (Lipinski definition) is 0. The SMILES string of the molecule is CCOC(=O)C=C1CCc2c1ccc(OC1CCCC1)c2-c1ccc2ccccc2c1. The van der Waals surface area contributed by atoms with Crippen molar-refractivity contribution in [3.8, 4) is 16.9 Å². The Morgan fingerprint density at radius 1 is 1.00 bits per heavy atom. The molecule has 1 fully saturated rings.